The second-order valence-electron chi connectivity index (χ2n) is 8.45. The normalized spacial score (nSPS) is 32.8. The molecule has 0 aliphatic carbocycles. The maximum Gasteiger partial charge on any atom is 0.162 e. The number of aromatic nitrogens is 2. The fourth-order valence-corrected chi connectivity index (χ4v) is 5.82. The molecule has 2 aromatic rings. The number of hydrogen-bond acceptors (Lipinski definition) is 3. The minimum atomic E-state index is -0.735. The molecule has 27 heavy (non-hydrogen) atoms. The number of aryl methyl sites for hydroxylation is 2. The van der Waals surface area contributed by atoms with E-state index in [1.165, 1.54) is 24.5 Å². The average Bonchev–Trinajstić information content (AvgIpc) is 3.20. The van der Waals surface area contributed by atoms with Gasteiger partial charge in [0.05, 0.1) is 5.69 Å². The van der Waals surface area contributed by atoms with Crippen LogP contribution in [0.15, 0.2) is 24.4 Å². The Morgan fingerprint density at radius 2 is 1.93 bits per heavy atom. The van der Waals surface area contributed by atoms with Gasteiger partial charge in [-0.25, -0.2) is 8.78 Å². The van der Waals surface area contributed by atoms with Gasteiger partial charge in [0.15, 0.2) is 11.6 Å². The molecule has 2 bridgehead atoms. The second-order valence-corrected chi connectivity index (χ2v) is 8.45. The molecule has 1 aromatic heterocycles. The third-order valence-corrected chi connectivity index (χ3v) is 6.96. The average molecular weight is 372 g/mol. The highest BCUT2D eigenvalue weighted by molar-refractivity contribution is 5.30. The number of likely N-dealkylation sites (tertiary alicyclic amines) is 1. The van der Waals surface area contributed by atoms with E-state index in [4.69, 9.17) is 0 Å². The van der Waals surface area contributed by atoms with Crippen molar-refractivity contribution in [3.05, 3.63) is 52.9 Å². The van der Waals surface area contributed by atoms with Gasteiger partial charge in [-0.15, -0.1) is 0 Å². The first kappa shape index (κ1) is 17.3. The van der Waals surface area contributed by atoms with Gasteiger partial charge < -0.3 is 0 Å². The lowest BCUT2D eigenvalue weighted by Gasteiger charge is -2.51. The Hall–Kier alpha value is -1.79. The van der Waals surface area contributed by atoms with Crippen molar-refractivity contribution in [1.82, 2.24) is 19.6 Å². The quantitative estimate of drug-likeness (QED) is 0.828. The summed E-state index contributed by atoms with van der Waals surface area (Å²) in [4.78, 5) is 5.04. The molecular formula is C21H26F2N4. The molecule has 1 aromatic carbocycles. The van der Waals surface area contributed by atoms with Gasteiger partial charge in [0.1, 0.15) is 0 Å². The van der Waals surface area contributed by atoms with E-state index in [0.29, 0.717) is 17.5 Å². The standard InChI is InChI=1S/C21H26F2N4/c1-13-15(10-25(2)24-13)11-27-12-17(16-4-3-5-18(22)19(16)23)21-20(27)14-6-8-26(21)9-7-14/h3-5,10,14,17,20-21H,6-9,11-12H2,1-2H3/t17-,20+,21+/m1/s1. The zero-order chi connectivity index (χ0) is 18.7. The third-order valence-electron chi connectivity index (χ3n) is 6.96. The van der Waals surface area contributed by atoms with Crippen molar-refractivity contribution in [2.24, 2.45) is 13.0 Å². The van der Waals surface area contributed by atoms with Crippen LogP contribution in [0.3, 0.4) is 0 Å². The van der Waals surface area contributed by atoms with Crippen molar-refractivity contribution in [2.75, 3.05) is 19.6 Å². The number of piperidine rings is 3. The van der Waals surface area contributed by atoms with E-state index >= 15 is 0 Å². The van der Waals surface area contributed by atoms with Gasteiger partial charge in [-0.1, -0.05) is 12.1 Å². The van der Waals surface area contributed by atoms with Gasteiger partial charge in [-0.05, 0) is 50.4 Å². The van der Waals surface area contributed by atoms with Gasteiger partial charge in [0.2, 0.25) is 0 Å². The van der Waals surface area contributed by atoms with E-state index in [1.807, 2.05) is 18.7 Å². The molecule has 4 nitrogen and oxygen atoms in total. The van der Waals surface area contributed by atoms with Crippen LogP contribution in [-0.2, 0) is 13.6 Å². The topological polar surface area (TPSA) is 24.3 Å². The van der Waals surface area contributed by atoms with Crippen molar-refractivity contribution in [3.8, 4) is 0 Å². The lowest BCUT2D eigenvalue weighted by Crippen LogP contribution is -2.60. The lowest BCUT2D eigenvalue weighted by molar-refractivity contribution is -0.00892. The summed E-state index contributed by atoms with van der Waals surface area (Å²) in [6.07, 6.45) is 4.51. The Bertz CT molecular complexity index is 856. The maximum atomic E-state index is 14.7. The molecule has 3 atom stereocenters. The molecule has 4 aliphatic rings. The Morgan fingerprint density at radius 3 is 2.63 bits per heavy atom. The molecule has 6 rings (SSSR count). The first-order valence-electron chi connectivity index (χ1n) is 9.94. The zero-order valence-corrected chi connectivity index (χ0v) is 15.9. The summed E-state index contributed by atoms with van der Waals surface area (Å²) >= 11 is 0. The number of rotatable bonds is 3. The van der Waals surface area contributed by atoms with E-state index in [1.54, 1.807) is 12.1 Å². The predicted octanol–water partition coefficient (Wildman–Crippen LogP) is 3.07. The largest absolute Gasteiger partial charge is 0.298 e. The molecule has 0 spiro atoms. The number of benzene rings is 1. The monoisotopic (exact) mass is 372 g/mol. The molecule has 144 valence electrons. The van der Waals surface area contributed by atoms with Gasteiger partial charge in [-0.2, -0.15) is 5.10 Å². The van der Waals surface area contributed by atoms with Crippen LogP contribution in [-0.4, -0.2) is 51.3 Å². The summed E-state index contributed by atoms with van der Waals surface area (Å²) in [6.45, 7) is 5.82. The van der Waals surface area contributed by atoms with Crippen LogP contribution in [0.4, 0.5) is 8.78 Å². The molecule has 0 amide bonds. The minimum absolute atomic E-state index is 0.0192. The highest BCUT2D eigenvalue weighted by Gasteiger charge is 2.53. The zero-order valence-electron chi connectivity index (χ0n) is 15.9. The summed E-state index contributed by atoms with van der Waals surface area (Å²) in [5.74, 6) is -0.728. The van der Waals surface area contributed by atoms with Crippen LogP contribution in [0.25, 0.3) is 0 Å². The van der Waals surface area contributed by atoms with Crippen LogP contribution in [0, 0.1) is 24.5 Å². The van der Waals surface area contributed by atoms with Crippen molar-refractivity contribution in [2.45, 2.75) is 44.3 Å². The molecule has 6 heteroatoms. The predicted molar refractivity (Wildman–Crippen MR) is 99.3 cm³/mol. The molecule has 0 saturated carbocycles. The van der Waals surface area contributed by atoms with Crippen LogP contribution in [0.5, 0.6) is 0 Å². The lowest BCUT2D eigenvalue weighted by atomic mass is 9.75. The smallest absolute Gasteiger partial charge is 0.162 e. The van der Waals surface area contributed by atoms with Crippen LogP contribution in [0.2, 0.25) is 0 Å². The van der Waals surface area contributed by atoms with Gasteiger partial charge >= 0.3 is 0 Å². The molecule has 0 radical (unpaired) electrons. The SMILES string of the molecule is Cc1nn(C)cc1CN1C[C@H](c2cccc(F)c2F)[C@H]2[C@@H]1C1CCN2CC1. The maximum absolute atomic E-state index is 14.7. The number of nitrogens with zero attached hydrogens (tertiary/aromatic N) is 4. The second kappa shape index (κ2) is 6.38. The van der Waals surface area contributed by atoms with Gasteiger partial charge in [0, 0.05) is 49.9 Å². The number of hydrogen-bond donors (Lipinski definition) is 0. The van der Waals surface area contributed by atoms with E-state index in [9.17, 15) is 8.78 Å². The summed E-state index contributed by atoms with van der Waals surface area (Å²) in [5.41, 5.74) is 2.83. The summed E-state index contributed by atoms with van der Waals surface area (Å²) in [6, 6.07) is 5.34. The first-order chi connectivity index (χ1) is 13.0. The molecule has 4 fully saturated rings. The number of halogens is 2. The van der Waals surface area contributed by atoms with E-state index in [0.717, 1.165) is 31.9 Å². The summed E-state index contributed by atoms with van der Waals surface area (Å²) < 4.78 is 30.4. The third kappa shape index (κ3) is 2.72. The van der Waals surface area contributed by atoms with Crippen molar-refractivity contribution in [1.29, 1.82) is 0 Å². The van der Waals surface area contributed by atoms with E-state index in [-0.39, 0.29) is 12.0 Å². The van der Waals surface area contributed by atoms with Crippen LogP contribution in [0.1, 0.15) is 35.6 Å². The fraction of sp³-hybridized carbons (Fsp3) is 0.571. The Morgan fingerprint density at radius 1 is 1.15 bits per heavy atom. The highest BCUT2D eigenvalue weighted by Crippen LogP contribution is 2.47. The van der Waals surface area contributed by atoms with Crippen LogP contribution < -0.4 is 0 Å². The molecule has 0 N–H and O–H groups in total. The van der Waals surface area contributed by atoms with Crippen molar-refractivity contribution >= 4 is 0 Å². The van der Waals surface area contributed by atoms with Crippen molar-refractivity contribution in [3.63, 3.8) is 0 Å². The first-order valence-corrected chi connectivity index (χ1v) is 9.94. The Balaban J connectivity index is 1.52. The molecule has 4 aliphatic heterocycles. The molecule has 5 heterocycles. The summed E-state index contributed by atoms with van der Waals surface area (Å²) in [7, 11) is 1.95. The van der Waals surface area contributed by atoms with Crippen LogP contribution >= 0.6 is 0 Å². The van der Waals surface area contributed by atoms with E-state index in [2.05, 4.69) is 21.1 Å². The fourth-order valence-electron chi connectivity index (χ4n) is 5.82. The molecule has 0 unspecified atom stereocenters. The Labute approximate surface area is 158 Å². The van der Waals surface area contributed by atoms with E-state index < -0.39 is 11.6 Å². The molecular weight excluding hydrogens is 346 g/mol. The Kier molecular flexibility index (Phi) is 4.09. The van der Waals surface area contributed by atoms with Crippen molar-refractivity contribution < 1.29 is 8.78 Å². The van der Waals surface area contributed by atoms with Gasteiger partial charge in [0.25, 0.3) is 0 Å². The molecule has 4 saturated heterocycles. The summed E-state index contributed by atoms with van der Waals surface area (Å²) in [5, 5.41) is 4.48. The number of fused-ring (bicyclic) bond motifs is 2. The minimum Gasteiger partial charge on any atom is -0.298 e. The highest BCUT2D eigenvalue weighted by atomic mass is 19.2. The van der Waals surface area contributed by atoms with Gasteiger partial charge in [-0.3, -0.25) is 14.5 Å².